The SMILES string of the molecule is Cl.N#CC[C@@H](N)c1cccnc1Cl. The van der Waals surface area contributed by atoms with Gasteiger partial charge in [-0.1, -0.05) is 17.7 Å². The summed E-state index contributed by atoms with van der Waals surface area (Å²) in [5.74, 6) is 0. The molecule has 0 aliphatic heterocycles. The fraction of sp³-hybridized carbons (Fsp3) is 0.250. The van der Waals surface area contributed by atoms with E-state index in [-0.39, 0.29) is 24.9 Å². The lowest BCUT2D eigenvalue weighted by Gasteiger charge is -2.07. The van der Waals surface area contributed by atoms with Crippen LogP contribution < -0.4 is 5.73 Å². The van der Waals surface area contributed by atoms with Crippen LogP contribution in [0.2, 0.25) is 5.15 Å². The third kappa shape index (κ3) is 3.19. The fourth-order valence-electron chi connectivity index (χ4n) is 0.883. The molecule has 1 aromatic rings. The summed E-state index contributed by atoms with van der Waals surface area (Å²) in [5.41, 5.74) is 6.38. The van der Waals surface area contributed by atoms with E-state index < -0.39 is 0 Å². The Morgan fingerprint density at radius 3 is 2.92 bits per heavy atom. The van der Waals surface area contributed by atoms with Crippen LogP contribution in [0.15, 0.2) is 18.3 Å². The number of nitrogens with zero attached hydrogens (tertiary/aromatic N) is 2. The van der Waals surface area contributed by atoms with Crippen molar-refractivity contribution >= 4 is 24.0 Å². The van der Waals surface area contributed by atoms with Crippen molar-refractivity contribution in [1.29, 1.82) is 5.26 Å². The average Bonchev–Trinajstić information content (AvgIpc) is 2.05. The van der Waals surface area contributed by atoms with Crippen LogP contribution in [0.5, 0.6) is 0 Å². The van der Waals surface area contributed by atoms with E-state index >= 15 is 0 Å². The number of nitriles is 1. The lowest BCUT2D eigenvalue weighted by Crippen LogP contribution is -2.10. The smallest absolute Gasteiger partial charge is 0.133 e. The van der Waals surface area contributed by atoms with Gasteiger partial charge in [-0.05, 0) is 6.07 Å². The molecular formula is C8H9Cl2N3. The van der Waals surface area contributed by atoms with E-state index in [1.165, 1.54) is 0 Å². The van der Waals surface area contributed by atoms with Crippen LogP contribution >= 0.6 is 24.0 Å². The minimum atomic E-state index is -0.337. The third-order valence-corrected chi connectivity index (χ3v) is 1.81. The predicted molar refractivity (Wildman–Crippen MR) is 53.7 cm³/mol. The summed E-state index contributed by atoms with van der Waals surface area (Å²) in [6.07, 6.45) is 1.84. The Morgan fingerprint density at radius 2 is 2.38 bits per heavy atom. The molecule has 0 saturated heterocycles. The number of halogens is 2. The molecule has 0 unspecified atom stereocenters. The van der Waals surface area contributed by atoms with Crippen molar-refractivity contribution < 1.29 is 0 Å². The Labute approximate surface area is 87.9 Å². The number of pyridine rings is 1. The molecule has 0 aliphatic rings. The van der Waals surface area contributed by atoms with Crippen LogP contribution in [-0.4, -0.2) is 4.98 Å². The summed E-state index contributed by atoms with van der Waals surface area (Å²) in [5, 5.41) is 8.77. The van der Waals surface area contributed by atoms with Crippen LogP contribution in [0.25, 0.3) is 0 Å². The quantitative estimate of drug-likeness (QED) is 0.772. The van der Waals surface area contributed by atoms with Gasteiger partial charge in [0.15, 0.2) is 0 Å². The number of hydrogen-bond donors (Lipinski definition) is 1. The zero-order valence-corrected chi connectivity index (χ0v) is 8.35. The first-order chi connectivity index (χ1) is 5.75. The van der Waals surface area contributed by atoms with Crippen LogP contribution in [0.4, 0.5) is 0 Å². The molecule has 0 fully saturated rings. The van der Waals surface area contributed by atoms with Gasteiger partial charge >= 0.3 is 0 Å². The van der Waals surface area contributed by atoms with E-state index in [9.17, 15) is 0 Å². The monoisotopic (exact) mass is 217 g/mol. The standard InChI is InChI=1S/C8H8ClN3.ClH/c9-8-6(2-1-5-12-8)7(11)3-4-10;/h1-2,5,7H,3,11H2;1H/t7-;/m1./s1. The molecule has 1 aromatic heterocycles. The molecule has 1 rings (SSSR count). The van der Waals surface area contributed by atoms with Crippen molar-refractivity contribution in [3.05, 3.63) is 29.0 Å². The van der Waals surface area contributed by atoms with E-state index in [1.54, 1.807) is 18.3 Å². The number of aromatic nitrogens is 1. The van der Waals surface area contributed by atoms with E-state index in [2.05, 4.69) is 4.98 Å². The van der Waals surface area contributed by atoms with Gasteiger partial charge in [0.25, 0.3) is 0 Å². The highest BCUT2D eigenvalue weighted by molar-refractivity contribution is 6.30. The Hall–Kier alpha value is -0.820. The van der Waals surface area contributed by atoms with Crippen LogP contribution in [0.1, 0.15) is 18.0 Å². The summed E-state index contributed by atoms with van der Waals surface area (Å²) < 4.78 is 0. The molecule has 13 heavy (non-hydrogen) atoms. The second kappa shape index (κ2) is 5.76. The third-order valence-electron chi connectivity index (χ3n) is 1.50. The normalized spacial score (nSPS) is 11.2. The zero-order chi connectivity index (χ0) is 8.97. The minimum absolute atomic E-state index is 0. The molecule has 70 valence electrons. The maximum Gasteiger partial charge on any atom is 0.133 e. The second-order valence-electron chi connectivity index (χ2n) is 2.35. The van der Waals surface area contributed by atoms with Gasteiger partial charge in [-0.3, -0.25) is 0 Å². The lowest BCUT2D eigenvalue weighted by molar-refractivity contribution is 0.744. The van der Waals surface area contributed by atoms with E-state index in [0.29, 0.717) is 5.15 Å². The molecular weight excluding hydrogens is 209 g/mol. The molecule has 0 spiro atoms. The Kier molecular flexibility index (Phi) is 5.40. The van der Waals surface area contributed by atoms with Gasteiger partial charge in [0.2, 0.25) is 0 Å². The van der Waals surface area contributed by atoms with Crippen molar-refractivity contribution in [2.24, 2.45) is 5.73 Å². The van der Waals surface area contributed by atoms with Gasteiger partial charge in [-0.2, -0.15) is 5.26 Å². The highest BCUT2D eigenvalue weighted by atomic mass is 35.5. The molecule has 1 heterocycles. The van der Waals surface area contributed by atoms with Gasteiger partial charge in [0.05, 0.1) is 12.5 Å². The molecule has 0 amide bonds. The first-order valence-corrected chi connectivity index (χ1v) is 3.86. The van der Waals surface area contributed by atoms with Crippen molar-refractivity contribution in [3.8, 4) is 6.07 Å². The molecule has 1 atom stereocenters. The summed E-state index contributed by atoms with van der Waals surface area (Å²) in [6.45, 7) is 0. The number of hydrogen-bond acceptors (Lipinski definition) is 3. The van der Waals surface area contributed by atoms with E-state index in [0.717, 1.165) is 5.56 Å². The zero-order valence-electron chi connectivity index (χ0n) is 6.77. The molecule has 0 radical (unpaired) electrons. The van der Waals surface area contributed by atoms with Crippen molar-refractivity contribution in [3.63, 3.8) is 0 Å². The van der Waals surface area contributed by atoms with Crippen LogP contribution in [-0.2, 0) is 0 Å². The highest BCUT2D eigenvalue weighted by Crippen LogP contribution is 2.20. The van der Waals surface area contributed by atoms with Crippen LogP contribution in [0, 0.1) is 11.3 Å². The molecule has 0 saturated carbocycles. The van der Waals surface area contributed by atoms with Crippen molar-refractivity contribution in [2.45, 2.75) is 12.5 Å². The Bertz CT molecular complexity index is 309. The predicted octanol–water partition coefficient (Wildman–Crippen LogP) is 2.07. The largest absolute Gasteiger partial charge is 0.323 e. The lowest BCUT2D eigenvalue weighted by atomic mass is 10.1. The van der Waals surface area contributed by atoms with Gasteiger partial charge in [-0.15, -0.1) is 12.4 Å². The van der Waals surface area contributed by atoms with E-state index in [1.807, 2.05) is 6.07 Å². The number of nitrogens with two attached hydrogens (primary N) is 1. The summed E-state index contributed by atoms with van der Waals surface area (Å²) in [4.78, 5) is 3.86. The summed E-state index contributed by atoms with van der Waals surface area (Å²) in [6, 6.07) is 5.17. The molecule has 2 N–H and O–H groups in total. The van der Waals surface area contributed by atoms with Crippen molar-refractivity contribution in [2.75, 3.05) is 0 Å². The summed E-state index contributed by atoms with van der Waals surface area (Å²) >= 11 is 5.75. The fourth-order valence-corrected chi connectivity index (χ4v) is 1.14. The van der Waals surface area contributed by atoms with Gasteiger partial charge in [-0.25, -0.2) is 4.98 Å². The molecule has 0 aliphatic carbocycles. The number of rotatable bonds is 2. The molecule has 0 bridgehead atoms. The van der Waals surface area contributed by atoms with Crippen LogP contribution in [0.3, 0.4) is 0 Å². The Balaban J connectivity index is 0.00000144. The van der Waals surface area contributed by atoms with Gasteiger partial charge in [0.1, 0.15) is 5.15 Å². The first kappa shape index (κ1) is 12.2. The Morgan fingerprint density at radius 1 is 1.69 bits per heavy atom. The molecule has 0 aromatic carbocycles. The maximum absolute atomic E-state index is 8.40. The van der Waals surface area contributed by atoms with Crippen molar-refractivity contribution in [1.82, 2.24) is 4.98 Å². The highest BCUT2D eigenvalue weighted by Gasteiger charge is 2.08. The second-order valence-corrected chi connectivity index (χ2v) is 2.71. The maximum atomic E-state index is 8.40. The van der Waals surface area contributed by atoms with Gasteiger partial charge in [0, 0.05) is 17.8 Å². The molecule has 5 heteroatoms. The topological polar surface area (TPSA) is 62.7 Å². The minimum Gasteiger partial charge on any atom is -0.323 e. The average molecular weight is 218 g/mol. The van der Waals surface area contributed by atoms with E-state index in [4.69, 9.17) is 22.6 Å². The van der Waals surface area contributed by atoms with Gasteiger partial charge < -0.3 is 5.73 Å². The first-order valence-electron chi connectivity index (χ1n) is 3.48. The molecule has 3 nitrogen and oxygen atoms in total. The summed E-state index contributed by atoms with van der Waals surface area (Å²) in [7, 11) is 0.